The number of rotatable bonds is 1. The summed E-state index contributed by atoms with van der Waals surface area (Å²) in [4.78, 5) is 0. The third-order valence-electron chi connectivity index (χ3n) is 2.51. The molecule has 2 radical (unpaired) electrons. The highest BCUT2D eigenvalue weighted by Crippen LogP contribution is 2.21. The van der Waals surface area contributed by atoms with Crippen molar-refractivity contribution >= 4 is 13.3 Å². The highest BCUT2D eigenvalue weighted by Gasteiger charge is 2.17. The third kappa shape index (κ3) is 1.63. The van der Waals surface area contributed by atoms with E-state index in [2.05, 4.69) is 5.10 Å². The minimum absolute atomic E-state index is 0.103. The molecule has 1 aliphatic heterocycles. The second-order valence-corrected chi connectivity index (χ2v) is 3.45. The largest absolute Gasteiger partial charge is 0.357 e. The minimum Gasteiger partial charge on any atom is -0.357 e. The van der Waals surface area contributed by atoms with Crippen LogP contribution >= 0.6 is 0 Å². The van der Waals surface area contributed by atoms with Crippen molar-refractivity contribution in [2.45, 2.75) is 32.4 Å². The fourth-order valence-corrected chi connectivity index (χ4v) is 1.64. The normalized spacial score (nSPS) is 23.3. The van der Waals surface area contributed by atoms with Crippen LogP contribution in [0.5, 0.6) is 0 Å². The van der Waals surface area contributed by atoms with E-state index >= 15 is 0 Å². The number of ether oxygens (including phenoxy) is 1. The van der Waals surface area contributed by atoms with Crippen LogP contribution in [0.15, 0.2) is 6.20 Å². The lowest BCUT2D eigenvalue weighted by Gasteiger charge is -2.24. The van der Waals surface area contributed by atoms with Crippen molar-refractivity contribution in [2.75, 3.05) is 6.61 Å². The minimum atomic E-state index is 0.103. The molecule has 2 rings (SSSR count). The Morgan fingerprint density at radius 1 is 1.62 bits per heavy atom. The lowest BCUT2D eigenvalue weighted by molar-refractivity contribution is -0.0405. The first-order valence-electron chi connectivity index (χ1n) is 4.70. The molecule has 1 aromatic heterocycles. The summed E-state index contributed by atoms with van der Waals surface area (Å²) in [7, 11) is 5.71. The fraction of sp³-hybridized carbons (Fsp3) is 0.667. The zero-order chi connectivity index (χ0) is 9.26. The van der Waals surface area contributed by atoms with Gasteiger partial charge in [-0.15, -0.1) is 0 Å². The van der Waals surface area contributed by atoms with Gasteiger partial charge in [-0.2, -0.15) is 5.10 Å². The molecule has 4 heteroatoms. The van der Waals surface area contributed by atoms with Gasteiger partial charge in [-0.3, -0.25) is 0 Å². The van der Waals surface area contributed by atoms with Crippen molar-refractivity contribution in [1.29, 1.82) is 0 Å². The fourth-order valence-electron chi connectivity index (χ4n) is 1.64. The van der Waals surface area contributed by atoms with Gasteiger partial charge in [0, 0.05) is 18.5 Å². The molecule has 0 aliphatic carbocycles. The van der Waals surface area contributed by atoms with Crippen molar-refractivity contribution in [3.05, 3.63) is 11.9 Å². The van der Waals surface area contributed by atoms with Crippen LogP contribution in [0.25, 0.3) is 0 Å². The Morgan fingerprint density at radius 3 is 3.00 bits per heavy atom. The van der Waals surface area contributed by atoms with E-state index in [9.17, 15) is 0 Å². The average Bonchev–Trinajstić information content (AvgIpc) is 2.49. The molecule has 0 saturated carbocycles. The van der Waals surface area contributed by atoms with Gasteiger partial charge in [0.2, 0.25) is 0 Å². The molecule has 1 atom stereocenters. The highest BCUT2D eigenvalue weighted by atomic mass is 16.5. The molecule has 2 heterocycles. The van der Waals surface area contributed by atoms with Gasteiger partial charge in [-0.05, 0) is 26.2 Å². The zero-order valence-electron chi connectivity index (χ0n) is 7.86. The van der Waals surface area contributed by atoms with Gasteiger partial charge < -0.3 is 4.74 Å². The van der Waals surface area contributed by atoms with E-state index in [0.29, 0.717) is 0 Å². The van der Waals surface area contributed by atoms with Crippen molar-refractivity contribution < 1.29 is 4.74 Å². The molecule has 0 N–H and O–H groups in total. The monoisotopic (exact) mass is 176 g/mol. The summed E-state index contributed by atoms with van der Waals surface area (Å²) in [6.07, 6.45) is 5.21. The van der Waals surface area contributed by atoms with E-state index in [1.165, 1.54) is 6.42 Å². The van der Waals surface area contributed by atoms with Gasteiger partial charge in [-0.25, -0.2) is 4.68 Å². The molecule has 1 unspecified atom stereocenters. The Labute approximate surface area is 79.5 Å². The summed E-state index contributed by atoms with van der Waals surface area (Å²) in [5.74, 6) is 0. The van der Waals surface area contributed by atoms with Crippen LogP contribution in [0.1, 0.15) is 31.2 Å². The summed E-state index contributed by atoms with van der Waals surface area (Å²) in [5, 5.41) is 4.21. The summed E-state index contributed by atoms with van der Waals surface area (Å²) < 4.78 is 7.49. The molecule has 0 spiro atoms. The standard InChI is InChI=1S/C9H13BN2O/c1-7-8(10)6-11-12(7)9-4-2-3-5-13-9/h6,9H,2-5H2,1H3. The van der Waals surface area contributed by atoms with E-state index in [1.807, 2.05) is 11.6 Å². The first-order valence-corrected chi connectivity index (χ1v) is 4.70. The van der Waals surface area contributed by atoms with Gasteiger partial charge in [0.05, 0.1) is 0 Å². The summed E-state index contributed by atoms with van der Waals surface area (Å²) >= 11 is 0. The number of nitrogens with zero attached hydrogens (tertiary/aromatic N) is 2. The molecule has 3 nitrogen and oxygen atoms in total. The molecule has 1 saturated heterocycles. The lowest BCUT2D eigenvalue weighted by Crippen LogP contribution is -2.21. The first kappa shape index (κ1) is 8.82. The van der Waals surface area contributed by atoms with Crippen molar-refractivity contribution in [3.63, 3.8) is 0 Å². The van der Waals surface area contributed by atoms with Crippen LogP contribution in [-0.4, -0.2) is 24.2 Å². The Kier molecular flexibility index (Phi) is 2.40. The van der Waals surface area contributed by atoms with Crippen molar-refractivity contribution in [3.8, 4) is 0 Å². The van der Waals surface area contributed by atoms with Crippen LogP contribution in [0.4, 0.5) is 0 Å². The summed E-state index contributed by atoms with van der Waals surface area (Å²) in [6.45, 7) is 2.81. The Bertz CT molecular complexity index is 292. The van der Waals surface area contributed by atoms with Crippen LogP contribution in [-0.2, 0) is 4.74 Å². The van der Waals surface area contributed by atoms with E-state index in [4.69, 9.17) is 12.6 Å². The van der Waals surface area contributed by atoms with Crippen LogP contribution in [0.2, 0.25) is 0 Å². The lowest BCUT2D eigenvalue weighted by atomic mass is 9.98. The van der Waals surface area contributed by atoms with E-state index in [0.717, 1.165) is 30.6 Å². The SMILES string of the molecule is [B]c1cnn(C2CCCCO2)c1C. The molecule has 1 aromatic rings. The van der Waals surface area contributed by atoms with Crippen LogP contribution in [0, 0.1) is 6.92 Å². The maximum absolute atomic E-state index is 5.71. The second kappa shape index (κ2) is 3.54. The van der Waals surface area contributed by atoms with Gasteiger partial charge >= 0.3 is 0 Å². The van der Waals surface area contributed by atoms with Gasteiger partial charge in [0.1, 0.15) is 14.1 Å². The highest BCUT2D eigenvalue weighted by molar-refractivity contribution is 6.32. The predicted octanol–water partition coefficient (Wildman–Crippen LogP) is 0.684. The molecule has 0 aromatic carbocycles. The molecular formula is C9H13BN2O. The molecule has 13 heavy (non-hydrogen) atoms. The van der Waals surface area contributed by atoms with Gasteiger partial charge in [0.15, 0.2) is 0 Å². The Balaban J connectivity index is 2.18. The van der Waals surface area contributed by atoms with Crippen molar-refractivity contribution in [1.82, 2.24) is 9.78 Å². The quantitative estimate of drug-likeness (QED) is 0.588. The number of aromatic nitrogens is 2. The van der Waals surface area contributed by atoms with E-state index in [1.54, 1.807) is 6.20 Å². The number of hydrogen-bond acceptors (Lipinski definition) is 2. The third-order valence-corrected chi connectivity index (χ3v) is 2.51. The Hall–Kier alpha value is -0.765. The molecule has 1 aliphatic rings. The first-order chi connectivity index (χ1) is 6.29. The van der Waals surface area contributed by atoms with Crippen LogP contribution < -0.4 is 5.46 Å². The predicted molar refractivity (Wildman–Crippen MR) is 51.2 cm³/mol. The van der Waals surface area contributed by atoms with E-state index in [-0.39, 0.29) is 6.23 Å². The maximum atomic E-state index is 5.71. The van der Waals surface area contributed by atoms with Crippen molar-refractivity contribution in [2.24, 2.45) is 0 Å². The molecule has 0 bridgehead atoms. The maximum Gasteiger partial charge on any atom is 0.150 e. The van der Waals surface area contributed by atoms with Crippen LogP contribution in [0.3, 0.4) is 0 Å². The molecular weight excluding hydrogens is 163 g/mol. The molecule has 68 valence electrons. The molecule has 0 amide bonds. The molecule has 1 fully saturated rings. The summed E-state index contributed by atoms with van der Waals surface area (Å²) in [5.41, 5.74) is 1.75. The average molecular weight is 176 g/mol. The second-order valence-electron chi connectivity index (χ2n) is 3.45. The topological polar surface area (TPSA) is 27.1 Å². The Morgan fingerprint density at radius 2 is 2.46 bits per heavy atom. The zero-order valence-corrected chi connectivity index (χ0v) is 7.86. The van der Waals surface area contributed by atoms with Gasteiger partial charge in [0.25, 0.3) is 0 Å². The summed E-state index contributed by atoms with van der Waals surface area (Å²) in [6, 6.07) is 0. The van der Waals surface area contributed by atoms with Gasteiger partial charge in [-0.1, -0.05) is 5.46 Å². The number of hydrogen-bond donors (Lipinski definition) is 0. The smallest absolute Gasteiger partial charge is 0.150 e. The van der Waals surface area contributed by atoms with E-state index < -0.39 is 0 Å².